The smallest absolute Gasteiger partial charge is 0.248 e. The highest BCUT2D eigenvalue weighted by Crippen LogP contribution is 2.55. The van der Waals surface area contributed by atoms with Gasteiger partial charge in [-0.15, -0.1) is 0 Å². The lowest BCUT2D eigenvalue weighted by Crippen LogP contribution is -2.31. The maximum absolute atomic E-state index is 12.9. The molecule has 0 amide bonds. The fourth-order valence-corrected chi connectivity index (χ4v) is 7.09. The van der Waals surface area contributed by atoms with Crippen molar-refractivity contribution in [1.82, 2.24) is 14.1 Å². The standard InChI is InChI=1S/C14H20ClN3O2S/c1-8-13(14(15)17(2)16-8)21(19,20)18-6-11-9-3-4-10(5-9)12(11)7-18/h9-12H,3-7H2,1-2H3/t9-,10+,11-,12+. The highest BCUT2D eigenvalue weighted by molar-refractivity contribution is 7.89. The molecule has 0 spiro atoms. The summed E-state index contributed by atoms with van der Waals surface area (Å²) < 4.78 is 29.0. The van der Waals surface area contributed by atoms with Gasteiger partial charge in [0.25, 0.3) is 0 Å². The van der Waals surface area contributed by atoms with Crippen LogP contribution in [0.15, 0.2) is 4.90 Å². The maximum atomic E-state index is 12.9. The minimum atomic E-state index is -3.52. The maximum Gasteiger partial charge on any atom is 0.248 e. The number of rotatable bonds is 2. The predicted molar refractivity (Wildman–Crippen MR) is 79.5 cm³/mol. The van der Waals surface area contributed by atoms with Crippen molar-refractivity contribution in [2.75, 3.05) is 13.1 Å². The van der Waals surface area contributed by atoms with Gasteiger partial charge in [0.15, 0.2) is 0 Å². The Labute approximate surface area is 130 Å². The molecule has 3 fully saturated rings. The van der Waals surface area contributed by atoms with E-state index in [1.165, 1.54) is 23.9 Å². The average Bonchev–Trinajstić information content (AvgIpc) is 3.12. The van der Waals surface area contributed by atoms with Gasteiger partial charge in [-0.3, -0.25) is 4.68 Å². The van der Waals surface area contributed by atoms with E-state index in [0.717, 1.165) is 11.8 Å². The van der Waals surface area contributed by atoms with Gasteiger partial charge in [0.1, 0.15) is 10.0 Å². The molecule has 2 saturated carbocycles. The fraction of sp³-hybridized carbons (Fsp3) is 0.786. The van der Waals surface area contributed by atoms with E-state index in [1.54, 1.807) is 18.3 Å². The van der Waals surface area contributed by atoms with Crippen LogP contribution in [0, 0.1) is 30.6 Å². The van der Waals surface area contributed by atoms with Gasteiger partial charge in [-0.25, -0.2) is 8.42 Å². The zero-order valence-corrected chi connectivity index (χ0v) is 13.9. The topological polar surface area (TPSA) is 55.2 Å². The first-order valence-electron chi connectivity index (χ1n) is 7.59. The second-order valence-electron chi connectivity index (χ2n) is 6.81. The van der Waals surface area contributed by atoms with E-state index >= 15 is 0 Å². The Morgan fingerprint density at radius 3 is 2.24 bits per heavy atom. The summed E-state index contributed by atoms with van der Waals surface area (Å²) in [5.74, 6) is 2.61. The number of fused-ring (bicyclic) bond motifs is 5. The molecule has 116 valence electrons. The molecule has 2 heterocycles. The lowest BCUT2D eigenvalue weighted by atomic mass is 9.82. The quantitative estimate of drug-likeness (QED) is 0.834. The zero-order chi connectivity index (χ0) is 14.9. The Bertz CT molecular complexity index is 681. The molecule has 2 bridgehead atoms. The molecule has 1 aromatic rings. The molecule has 2 aliphatic carbocycles. The van der Waals surface area contributed by atoms with E-state index in [-0.39, 0.29) is 10.0 Å². The van der Waals surface area contributed by atoms with Gasteiger partial charge in [0.05, 0.1) is 5.69 Å². The first-order valence-corrected chi connectivity index (χ1v) is 9.40. The molecule has 0 radical (unpaired) electrons. The summed E-state index contributed by atoms with van der Waals surface area (Å²) in [5, 5.41) is 4.36. The van der Waals surface area contributed by atoms with Gasteiger partial charge in [0, 0.05) is 20.1 Å². The molecule has 1 aliphatic heterocycles. The summed E-state index contributed by atoms with van der Waals surface area (Å²) in [6, 6.07) is 0. The molecule has 3 aliphatic rings. The monoisotopic (exact) mass is 329 g/mol. The third-order valence-corrected chi connectivity index (χ3v) is 8.33. The average molecular weight is 330 g/mol. The van der Waals surface area contributed by atoms with Crippen LogP contribution in [0.4, 0.5) is 0 Å². The molecule has 4 atom stereocenters. The summed E-state index contributed by atoms with van der Waals surface area (Å²) in [6.45, 7) is 3.04. The van der Waals surface area contributed by atoms with Crippen LogP contribution in [0.1, 0.15) is 25.0 Å². The van der Waals surface area contributed by atoms with E-state index in [1.807, 2.05) is 0 Å². The van der Waals surface area contributed by atoms with Gasteiger partial charge in [-0.2, -0.15) is 9.40 Å². The van der Waals surface area contributed by atoms with Gasteiger partial charge >= 0.3 is 0 Å². The lowest BCUT2D eigenvalue weighted by Gasteiger charge is -2.22. The molecule has 1 saturated heterocycles. The molecular formula is C14H20ClN3O2S. The van der Waals surface area contributed by atoms with E-state index < -0.39 is 10.0 Å². The molecule has 0 aromatic carbocycles. The van der Waals surface area contributed by atoms with Crippen LogP contribution < -0.4 is 0 Å². The van der Waals surface area contributed by atoms with Crippen LogP contribution in [0.3, 0.4) is 0 Å². The lowest BCUT2D eigenvalue weighted by molar-refractivity contribution is 0.281. The van der Waals surface area contributed by atoms with Crippen molar-refractivity contribution in [2.45, 2.75) is 31.1 Å². The number of hydrogen-bond acceptors (Lipinski definition) is 3. The number of aryl methyl sites for hydroxylation is 2. The highest BCUT2D eigenvalue weighted by Gasteiger charge is 2.54. The Morgan fingerprint density at radius 1 is 1.19 bits per heavy atom. The SMILES string of the molecule is Cc1nn(C)c(Cl)c1S(=O)(=O)N1C[C@@H]2[C@@H]3CC[C@@H](C3)[C@@H]2C1. The minimum absolute atomic E-state index is 0.194. The van der Waals surface area contributed by atoms with Crippen molar-refractivity contribution in [3.05, 3.63) is 10.8 Å². The molecule has 7 heteroatoms. The second-order valence-corrected chi connectivity index (χ2v) is 9.04. The third-order valence-electron chi connectivity index (χ3n) is 5.80. The van der Waals surface area contributed by atoms with Crippen LogP contribution in [0.2, 0.25) is 5.15 Å². The number of sulfonamides is 1. The summed E-state index contributed by atoms with van der Waals surface area (Å²) in [5.41, 5.74) is 0.488. The van der Waals surface area contributed by atoms with E-state index in [9.17, 15) is 8.42 Å². The van der Waals surface area contributed by atoms with Crippen molar-refractivity contribution in [3.63, 3.8) is 0 Å². The number of nitrogens with zero attached hydrogens (tertiary/aromatic N) is 3. The Morgan fingerprint density at radius 2 is 1.76 bits per heavy atom. The van der Waals surface area contributed by atoms with Crippen molar-refractivity contribution in [2.24, 2.45) is 30.7 Å². The summed E-state index contributed by atoms with van der Waals surface area (Å²) in [6.07, 6.45) is 3.88. The van der Waals surface area contributed by atoms with Gasteiger partial charge in [0.2, 0.25) is 10.0 Å². The molecule has 0 N–H and O–H groups in total. The Balaban J connectivity index is 1.68. The van der Waals surface area contributed by atoms with E-state index in [2.05, 4.69) is 5.10 Å². The predicted octanol–water partition coefficient (Wildman–Crippen LogP) is 2.05. The number of hydrogen-bond donors (Lipinski definition) is 0. The zero-order valence-electron chi connectivity index (χ0n) is 12.3. The van der Waals surface area contributed by atoms with Crippen LogP contribution in [0.25, 0.3) is 0 Å². The van der Waals surface area contributed by atoms with Gasteiger partial charge in [-0.1, -0.05) is 11.6 Å². The first kappa shape index (κ1) is 14.0. The van der Waals surface area contributed by atoms with Gasteiger partial charge < -0.3 is 0 Å². The molecule has 5 nitrogen and oxygen atoms in total. The summed E-state index contributed by atoms with van der Waals surface area (Å²) in [4.78, 5) is 0.194. The molecule has 21 heavy (non-hydrogen) atoms. The number of aromatic nitrogens is 2. The van der Waals surface area contributed by atoms with E-state index in [4.69, 9.17) is 11.6 Å². The van der Waals surface area contributed by atoms with Crippen LogP contribution >= 0.6 is 11.6 Å². The van der Waals surface area contributed by atoms with Crippen molar-refractivity contribution < 1.29 is 8.42 Å². The molecular weight excluding hydrogens is 310 g/mol. The van der Waals surface area contributed by atoms with Crippen LogP contribution in [-0.4, -0.2) is 35.6 Å². The van der Waals surface area contributed by atoms with Crippen LogP contribution in [0.5, 0.6) is 0 Å². The normalized spacial score (nSPS) is 35.6. The summed E-state index contributed by atoms with van der Waals surface area (Å²) in [7, 11) is -1.85. The molecule has 4 rings (SSSR count). The van der Waals surface area contributed by atoms with E-state index in [0.29, 0.717) is 30.6 Å². The van der Waals surface area contributed by atoms with Crippen LogP contribution in [-0.2, 0) is 17.1 Å². The molecule has 1 aromatic heterocycles. The second kappa shape index (κ2) is 4.46. The Kier molecular flexibility index (Phi) is 2.98. The minimum Gasteiger partial charge on any atom is -0.255 e. The van der Waals surface area contributed by atoms with Crippen molar-refractivity contribution in [3.8, 4) is 0 Å². The largest absolute Gasteiger partial charge is 0.255 e. The number of halogens is 1. The molecule has 0 unspecified atom stereocenters. The van der Waals surface area contributed by atoms with Crippen molar-refractivity contribution in [1.29, 1.82) is 0 Å². The fourth-order valence-electron chi connectivity index (χ4n) is 4.87. The Hall–Kier alpha value is -0.590. The highest BCUT2D eigenvalue weighted by atomic mass is 35.5. The van der Waals surface area contributed by atoms with Gasteiger partial charge in [-0.05, 0) is 49.9 Å². The third kappa shape index (κ3) is 1.85. The summed E-state index contributed by atoms with van der Waals surface area (Å²) >= 11 is 6.16. The first-order chi connectivity index (χ1) is 9.89. The van der Waals surface area contributed by atoms with Crippen molar-refractivity contribution >= 4 is 21.6 Å².